The van der Waals surface area contributed by atoms with E-state index in [0.717, 1.165) is 32.7 Å². The molecule has 2 N–H and O–H groups in total. The molecule has 0 bridgehead atoms. The number of nitrogens with zero attached hydrogens (tertiary/aromatic N) is 4. The van der Waals surface area contributed by atoms with E-state index in [2.05, 4.69) is 21.8 Å². The monoisotopic (exact) mass is 241 g/mol. The molecule has 7 heteroatoms. The molecule has 17 heavy (non-hydrogen) atoms. The fraction of sp³-hybridized carbons (Fsp3) is 0.700. The Labute approximate surface area is 101 Å². The van der Waals surface area contributed by atoms with Gasteiger partial charge >= 0.3 is 5.82 Å². The summed E-state index contributed by atoms with van der Waals surface area (Å²) in [4.78, 5) is 18.2. The van der Waals surface area contributed by atoms with Crippen molar-refractivity contribution in [2.45, 2.75) is 0 Å². The van der Waals surface area contributed by atoms with Gasteiger partial charge < -0.3 is 15.0 Å². The predicted octanol–water partition coefficient (Wildman–Crippen LogP) is -0.619. The van der Waals surface area contributed by atoms with E-state index in [0.29, 0.717) is 6.54 Å². The van der Waals surface area contributed by atoms with Crippen LogP contribution in [0, 0.1) is 10.1 Å². The van der Waals surface area contributed by atoms with Crippen LogP contribution in [0.1, 0.15) is 0 Å². The smallest absolute Gasteiger partial charge is 0.315 e. The third-order valence-corrected chi connectivity index (χ3v) is 2.70. The van der Waals surface area contributed by atoms with Crippen LogP contribution in [-0.4, -0.2) is 67.3 Å². The van der Waals surface area contributed by atoms with Crippen LogP contribution in [-0.2, 0) is 0 Å². The molecule has 1 saturated heterocycles. The Morgan fingerprint density at radius 1 is 1.47 bits per heavy atom. The zero-order chi connectivity index (χ0) is 12.7. The minimum atomic E-state index is -0.632. The number of rotatable bonds is 5. The average Bonchev–Trinajstić information content (AvgIpc) is 2.30. The lowest BCUT2D eigenvalue weighted by atomic mass is 10.3. The fourth-order valence-corrected chi connectivity index (χ4v) is 1.54. The van der Waals surface area contributed by atoms with Crippen molar-refractivity contribution in [1.82, 2.24) is 9.80 Å². The van der Waals surface area contributed by atoms with Gasteiger partial charge in [0.2, 0.25) is 0 Å². The molecule has 0 unspecified atom stereocenters. The maximum atomic E-state index is 10.2. The fourth-order valence-electron chi connectivity index (χ4n) is 1.54. The van der Waals surface area contributed by atoms with E-state index >= 15 is 0 Å². The highest BCUT2D eigenvalue weighted by Crippen LogP contribution is 1.97. The van der Waals surface area contributed by atoms with Gasteiger partial charge in [-0.15, -0.1) is 0 Å². The Morgan fingerprint density at radius 2 is 2.12 bits per heavy atom. The number of nitro groups is 1. The molecule has 0 atom stereocenters. The first-order valence-corrected chi connectivity index (χ1v) is 5.60. The molecule has 7 nitrogen and oxygen atoms in total. The molecule has 0 aromatic heterocycles. The molecule has 0 radical (unpaired) electrons. The van der Waals surface area contributed by atoms with Crippen LogP contribution >= 0.6 is 0 Å². The van der Waals surface area contributed by atoms with Gasteiger partial charge in [-0.1, -0.05) is 0 Å². The molecule has 0 aliphatic carbocycles. The molecule has 1 aliphatic heterocycles. The highest BCUT2D eigenvalue weighted by atomic mass is 16.6. The van der Waals surface area contributed by atoms with E-state index in [4.69, 9.17) is 5.73 Å². The number of aliphatic imine (C=N–C) groups is 1. The number of hydrogen-bond donors (Lipinski definition) is 1. The maximum absolute atomic E-state index is 10.2. The molecule has 1 aliphatic rings. The zero-order valence-corrected chi connectivity index (χ0v) is 10.1. The summed E-state index contributed by atoms with van der Waals surface area (Å²) in [5, 5.41) is 10.2. The van der Waals surface area contributed by atoms with Crippen molar-refractivity contribution in [1.29, 1.82) is 0 Å². The van der Waals surface area contributed by atoms with E-state index in [9.17, 15) is 10.1 Å². The van der Waals surface area contributed by atoms with Gasteiger partial charge in [0.15, 0.2) is 0 Å². The maximum Gasteiger partial charge on any atom is 0.315 e. The molecule has 0 aromatic carbocycles. The van der Waals surface area contributed by atoms with Crippen LogP contribution in [0.15, 0.2) is 16.9 Å². The summed E-state index contributed by atoms with van der Waals surface area (Å²) < 4.78 is 0. The summed E-state index contributed by atoms with van der Waals surface area (Å²) >= 11 is 0. The van der Waals surface area contributed by atoms with Crippen LogP contribution in [0.4, 0.5) is 0 Å². The zero-order valence-electron chi connectivity index (χ0n) is 10.1. The average molecular weight is 241 g/mol. The molecular formula is C10H19N5O2. The van der Waals surface area contributed by atoms with E-state index in [1.807, 2.05) is 0 Å². The SMILES string of the molecule is CN1CCN(CCN=CC=C(N)[N+](=O)[O-])CC1. The topological polar surface area (TPSA) is 88.0 Å². The van der Waals surface area contributed by atoms with Crippen molar-refractivity contribution in [3.8, 4) is 0 Å². The summed E-state index contributed by atoms with van der Waals surface area (Å²) in [6.07, 6.45) is 2.61. The molecule has 0 spiro atoms. The van der Waals surface area contributed by atoms with E-state index in [1.54, 1.807) is 0 Å². The summed E-state index contributed by atoms with van der Waals surface area (Å²) in [5.74, 6) is -0.381. The van der Waals surface area contributed by atoms with Crippen molar-refractivity contribution >= 4 is 6.21 Å². The molecule has 0 aromatic rings. The third-order valence-electron chi connectivity index (χ3n) is 2.70. The van der Waals surface area contributed by atoms with Gasteiger partial charge in [0.05, 0.1) is 6.54 Å². The number of hydrogen-bond acceptors (Lipinski definition) is 6. The lowest BCUT2D eigenvalue weighted by Gasteiger charge is -2.31. The second kappa shape index (κ2) is 6.97. The second-order valence-corrected chi connectivity index (χ2v) is 4.05. The summed E-state index contributed by atoms with van der Waals surface area (Å²) in [6.45, 7) is 5.80. The molecule has 0 saturated carbocycles. The molecule has 96 valence electrons. The van der Waals surface area contributed by atoms with Crippen molar-refractivity contribution in [2.24, 2.45) is 10.7 Å². The number of allylic oxidation sites excluding steroid dienone is 1. The first-order valence-electron chi connectivity index (χ1n) is 5.60. The lowest BCUT2D eigenvalue weighted by molar-refractivity contribution is -0.426. The standard InChI is InChI=1S/C10H19N5O2/c1-13-6-8-14(9-7-13)5-4-12-3-2-10(11)15(16)17/h2-3H,4-9,11H2,1H3. The van der Waals surface area contributed by atoms with Crippen LogP contribution < -0.4 is 5.73 Å². The Morgan fingerprint density at radius 3 is 2.71 bits per heavy atom. The van der Waals surface area contributed by atoms with Gasteiger partial charge in [-0.2, -0.15) is 0 Å². The van der Waals surface area contributed by atoms with E-state index in [-0.39, 0.29) is 5.82 Å². The third kappa shape index (κ3) is 5.41. The number of piperazine rings is 1. The minimum absolute atomic E-state index is 0.381. The molecule has 1 heterocycles. The second-order valence-electron chi connectivity index (χ2n) is 4.05. The van der Waals surface area contributed by atoms with Crippen molar-refractivity contribution in [2.75, 3.05) is 46.3 Å². The molecule has 0 amide bonds. The largest absolute Gasteiger partial charge is 0.358 e. The number of nitrogens with two attached hydrogens (primary N) is 1. The summed E-state index contributed by atoms with van der Waals surface area (Å²) in [5.41, 5.74) is 5.11. The first kappa shape index (κ1) is 13.6. The van der Waals surface area contributed by atoms with Gasteiger partial charge in [-0.25, -0.2) is 0 Å². The van der Waals surface area contributed by atoms with Crippen LogP contribution in [0.3, 0.4) is 0 Å². The quantitative estimate of drug-likeness (QED) is 0.394. The molecular weight excluding hydrogens is 222 g/mol. The highest BCUT2D eigenvalue weighted by molar-refractivity contribution is 5.71. The predicted molar refractivity (Wildman–Crippen MR) is 66.6 cm³/mol. The van der Waals surface area contributed by atoms with Crippen molar-refractivity contribution in [3.05, 3.63) is 22.0 Å². The van der Waals surface area contributed by atoms with Crippen LogP contribution in [0.2, 0.25) is 0 Å². The highest BCUT2D eigenvalue weighted by Gasteiger charge is 2.12. The van der Waals surface area contributed by atoms with Crippen LogP contribution in [0.25, 0.3) is 0 Å². The van der Waals surface area contributed by atoms with Gasteiger partial charge in [0, 0.05) is 45.0 Å². The Hall–Kier alpha value is -1.47. The van der Waals surface area contributed by atoms with E-state index < -0.39 is 4.92 Å². The Kier molecular flexibility index (Phi) is 5.58. The van der Waals surface area contributed by atoms with Crippen molar-refractivity contribution in [3.63, 3.8) is 0 Å². The van der Waals surface area contributed by atoms with Crippen molar-refractivity contribution < 1.29 is 4.92 Å². The van der Waals surface area contributed by atoms with Gasteiger partial charge in [-0.05, 0) is 12.0 Å². The van der Waals surface area contributed by atoms with Gasteiger partial charge in [0.1, 0.15) is 0 Å². The van der Waals surface area contributed by atoms with Gasteiger partial charge in [-0.3, -0.25) is 15.6 Å². The van der Waals surface area contributed by atoms with E-state index in [1.165, 1.54) is 12.3 Å². The molecule has 1 rings (SSSR count). The Balaban J connectivity index is 2.17. The van der Waals surface area contributed by atoms with Gasteiger partial charge in [0.25, 0.3) is 0 Å². The van der Waals surface area contributed by atoms with Crippen LogP contribution in [0.5, 0.6) is 0 Å². The number of likely N-dealkylation sites (N-methyl/N-ethyl adjacent to an activating group) is 1. The Bertz CT molecular complexity index is 308. The lowest BCUT2D eigenvalue weighted by Crippen LogP contribution is -2.45. The minimum Gasteiger partial charge on any atom is -0.358 e. The first-order chi connectivity index (χ1) is 8.09. The molecule has 1 fully saturated rings. The normalized spacial score (nSPS) is 19.9. The summed E-state index contributed by atoms with van der Waals surface area (Å²) in [7, 11) is 2.11. The summed E-state index contributed by atoms with van der Waals surface area (Å²) in [6, 6.07) is 0.